The summed E-state index contributed by atoms with van der Waals surface area (Å²) in [4.78, 5) is 0.317. The molecule has 2 rings (SSSR count). The van der Waals surface area contributed by atoms with E-state index in [1.165, 1.54) is 0 Å². The van der Waals surface area contributed by atoms with Gasteiger partial charge in [0.2, 0.25) is 10.0 Å². The number of benzene rings is 1. The average molecular weight is 412 g/mol. The van der Waals surface area contributed by atoms with Crippen LogP contribution in [-0.2, 0) is 10.0 Å². The maximum atomic E-state index is 12.7. The van der Waals surface area contributed by atoms with Crippen molar-refractivity contribution in [3.63, 3.8) is 0 Å². The summed E-state index contributed by atoms with van der Waals surface area (Å²) in [5.74, 6) is 0. The number of hydrogen-bond donors (Lipinski definition) is 1. The smallest absolute Gasteiger partial charge is 0.244 e. The lowest BCUT2D eigenvalue weighted by molar-refractivity contribution is 0.263. The van der Waals surface area contributed by atoms with Crippen LogP contribution in [0.1, 0.15) is 13.8 Å². The van der Waals surface area contributed by atoms with Crippen LogP contribution in [0.5, 0.6) is 0 Å². The molecule has 2 unspecified atom stereocenters. The molecule has 1 aromatic carbocycles. The Morgan fingerprint density at radius 2 is 1.79 bits per heavy atom. The van der Waals surface area contributed by atoms with E-state index in [4.69, 9.17) is 0 Å². The van der Waals surface area contributed by atoms with E-state index >= 15 is 0 Å². The molecule has 0 spiro atoms. The van der Waals surface area contributed by atoms with E-state index in [0.29, 0.717) is 22.5 Å². The van der Waals surface area contributed by atoms with E-state index in [0.717, 1.165) is 4.47 Å². The Morgan fingerprint density at radius 1 is 1.21 bits per heavy atom. The summed E-state index contributed by atoms with van der Waals surface area (Å²) >= 11 is 6.66. The minimum absolute atomic E-state index is 0.160. The van der Waals surface area contributed by atoms with Crippen LogP contribution < -0.4 is 5.32 Å². The van der Waals surface area contributed by atoms with Crippen LogP contribution in [0.3, 0.4) is 0 Å². The maximum absolute atomic E-state index is 12.7. The molecule has 1 heterocycles. The van der Waals surface area contributed by atoms with Gasteiger partial charge in [-0.2, -0.15) is 4.31 Å². The molecule has 1 fully saturated rings. The molecule has 1 aliphatic heterocycles. The predicted molar refractivity (Wildman–Crippen MR) is 82.7 cm³/mol. The van der Waals surface area contributed by atoms with Gasteiger partial charge in [-0.3, -0.25) is 0 Å². The predicted octanol–water partition coefficient (Wildman–Crippen LogP) is 2.58. The molecular weight excluding hydrogens is 396 g/mol. The van der Waals surface area contributed by atoms with E-state index in [2.05, 4.69) is 37.2 Å². The van der Waals surface area contributed by atoms with Gasteiger partial charge in [0.1, 0.15) is 0 Å². The Morgan fingerprint density at radius 3 is 2.32 bits per heavy atom. The van der Waals surface area contributed by atoms with Gasteiger partial charge in [-0.1, -0.05) is 15.9 Å². The summed E-state index contributed by atoms with van der Waals surface area (Å²) < 4.78 is 28.3. The first-order chi connectivity index (χ1) is 8.80. The first-order valence-corrected chi connectivity index (χ1v) is 9.04. The van der Waals surface area contributed by atoms with E-state index < -0.39 is 10.0 Å². The fourth-order valence-electron chi connectivity index (χ4n) is 2.30. The average Bonchev–Trinajstić information content (AvgIpc) is 2.26. The quantitative estimate of drug-likeness (QED) is 0.813. The first-order valence-electron chi connectivity index (χ1n) is 6.02. The summed E-state index contributed by atoms with van der Waals surface area (Å²) in [6, 6.07) is 5.44. The van der Waals surface area contributed by atoms with Gasteiger partial charge in [-0.05, 0) is 48.0 Å². The molecule has 106 valence electrons. The second-order valence-electron chi connectivity index (χ2n) is 4.87. The molecule has 1 aromatic rings. The summed E-state index contributed by atoms with van der Waals surface area (Å²) in [6.45, 7) is 4.98. The zero-order valence-corrected chi connectivity index (χ0v) is 14.7. The molecule has 0 radical (unpaired) electrons. The Labute approximate surface area is 130 Å². The second-order valence-corrected chi connectivity index (χ2v) is 8.54. The summed E-state index contributed by atoms with van der Waals surface area (Å²) in [5, 5.41) is 3.33. The highest BCUT2D eigenvalue weighted by atomic mass is 79.9. The van der Waals surface area contributed by atoms with Gasteiger partial charge in [0.25, 0.3) is 0 Å². The summed E-state index contributed by atoms with van der Waals surface area (Å²) in [6.07, 6.45) is 0. The lowest BCUT2D eigenvalue weighted by atomic mass is 10.2. The highest BCUT2D eigenvalue weighted by Crippen LogP contribution is 2.28. The van der Waals surface area contributed by atoms with Crippen LogP contribution in [0.15, 0.2) is 32.0 Å². The highest BCUT2D eigenvalue weighted by molar-refractivity contribution is 9.11. The maximum Gasteiger partial charge on any atom is 0.244 e. The Kier molecular flexibility index (Phi) is 4.72. The molecular formula is C12H16Br2N2O2S. The van der Waals surface area contributed by atoms with Gasteiger partial charge in [-0.15, -0.1) is 0 Å². The van der Waals surface area contributed by atoms with Crippen molar-refractivity contribution < 1.29 is 8.42 Å². The molecule has 0 saturated carbocycles. The summed E-state index contributed by atoms with van der Waals surface area (Å²) in [5.41, 5.74) is 0. The molecule has 2 atom stereocenters. The fraction of sp³-hybridized carbons (Fsp3) is 0.500. The van der Waals surface area contributed by atoms with Crippen LogP contribution in [-0.4, -0.2) is 37.9 Å². The second kappa shape index (κ2) is 5.81. The van der Waals surface area contributed by atoms with Crippen molar-refractivity contribution in [2.75, 3.05) is 13.1 Å². The highest BCUT2D eigenvalue weighted by Gasteiger charge is 2.32. The lowest BCUT2D eigenvalue weighted by Crippen LogP contribution is -2.55. The Hall–Kier alpha value is 0.0500. The molecule has 0 bridgehead atoms. The van der Waals surface area contributed by atoms with Crippen molar-refractivity contribution in [3.8, 4) is 0 Å². The normalized spacial score (nSPS) is 25.5. The standard InChI is InChI=1S/C12H16Br2N2O2S/c1-8-6-16(7-9(2)15-8)19(17,18)12-4-3-10(13)5-11(12)14/h3-5,8-9,15H,6-7H2,1-2H3. The molecule has 4 nitrogen and oxygen atoms in total. The van der Waals surface area contributed by atoms with Gasteiger partial charge in [0, 0.05) is 34.1 Å². The summed E-state index contributed by atoms with van der Waals surface area (Å²) in [7, 11) is -3.45. The monoisotopic (exact) mass is 410 g/mol. The molecule has 0 aliphatic carbocycles. The van der Waals surface area contributed by atoms with Crippen molar-refractivity contribution in [2.45, 2.75) is 30.8 Å². The van der Waals surface area contributed by atoms with Crippen LogP contribution in [0.2, 0.25) is 0 Å². The van der Waals surface area contributed by atoms with Crippen LogP contribution in [0.4, 0.5) is 0 Å². The Bertz CT molecular complexity index is 567. The van der Waals surface area contributed by atoms with Gasteiger partial charge in [0.15, 0.2) is 0 Å². The number of hydrogen-bond acceptors (Lipinski definition) is 3. The molecule has 0 amide bonds. The van der Waals surface area contributed by atoms with Crippen LogP contribution in [0.25, 0.3) is 0 Å². The largest absolute Gasteiger partial charge is 0.309 e. The fourth-order valence-corrected chi connectivity index (χ4v) is 5.62. The van der Waals surface area contributed by atoms with Gasteiger partial charge >= 0.3 is 0 Å². The minimum Gasteiger partial charge on any atom is -0.309 e. The first kappa shape index (κ1) is 15.4. The van der Waals surface area contributed by atoms with Gasteiger partial charge in [-0.25, -0.2) is 8.42 Å². The topological polar surface area (TPSA) is 49.4 Å². The third kappa shape index (κ3) is 3.39. The van der Waals surface area contributed by atoms with Crippen molar-refractivity contribution in [3.05, 3.63) is 27.1 Å². The van der Waals surface area contributed by atoms with Crippen molar-refractivity contribution >= 4 is 41.9 Å². The van der Waals surface area contributed by atoms with E-state index in [9.17, 15) is 8.42 Å². The number of piperazine rings is 1. The number of rotatable bonds is 2. The van der Waals surface area contributed by atoms with E-state index in [1.807, 2.05) is 13.8 Å². The SMILES string of the molecule is CC1CN(S(=O)(=O)c2ccc(Br)cc2Br)CC(C)N1. The van der Waals surface area contributed by atoms with Crippen molar-refractivity contribution in [1.29, 1.82) is 0 Å². The molecule has 1 saturated heterocycles. The zero-order valence-electron chi connectivity index (χ0n) is 10.7. The number of halogens is 2. The van der Waals surface area contributed by atoms with E-state index in [-0.39, 0.29) is 12.1 Å². The molecule has 1 N–H and O–H groups in total. The van der Waals surface area contributed by atoms with Gasteiger partial charge in [0.05, 0.1) is 4.90 Å². The third-order valence-electron chi connectivity index (χ3n) is 3.04. The zero-order chi connectivity index (χ0) is 14.2. The number of nitrogens with one attached hydrogen (secondary N) is 1. The number of sulfonamides is 1. The van der Waals surface area contributed by atoms with Crippen LogP contribution >= 0.6 is 31.9 Å². The minimum atomic E-state index is -3.45. The van der Waals surface area contributed by atoms with Crippen LogP contribution in [0, 0.1) is 0 Å². The van der Waals surface area contributed by atoms with E-state index in [1.54, 1.807) is 22.5 Å². The molecule has 7 heteroatoms. The third-order valence-corrected chi connectivity index (χ3v) is 6.34. The van der Waals surface area contributed by atoms with Gasteiger partial charge < -0.3 is 5.32 Å². The number of nitrogens with zero attached hydrogens (tertiary/aromatic N) is 1. The van der Waals surface area contributed by atoms with Crippen molar-refractivity contribution in [1.82, 2.24) is 9.62 Å². The Balaban J connectivity index is 2.36. The molecule has 19 heavy (non-hydrogen) atoms. The van der Waals surface area contributed by atoms with Crippen molar-refractivity contribution in [2.24, 2.45) is 0 Å². The molecule has 0 aromatic heterocycles. The molecule has 1 aliphatic rings. The lowest BCUT2D eigenvalue weighted by Gasteiger charge is -2.35.